The molecule has 0 atom stereocenters. The maximum absolute atomic E-state index is 4.74. The van der Waals surface area contributed by atoms with Gasteiger partial charge in [-0.25, -0.2) is 0 Å². The zero-order valence-corrected chi connectivity index (χ0v) is 11.6. The second-order valence-electron chi connectivity index (χ2n) is 3.10. The molecule has 0 saturated carbocycles. The lowest BCUT2D eigenvalue weighted by atomic mass is 10.2. The third kappa shape index (κ3) is 7.53. The molecule has 16 heavy (non-hydrogen) atoms. The number of nitrogens with zero attached hydrogens (tertiary/aromatic N) is 1. The van der Waals surface area contributed by atoms with Crippen LogP contribution in [0.1, 0.15) is 18.9 Å². The van der Waals surface area contributed by atoms with Crippen LogP contribution in [0.5, 0.6) is 0 Å². The van der Waals surface area contributed by atoms with E-state index in [4.69, 9.17) is 13.3 Å². The Balaban J connectivity index is 0.000000293. The van der Waals surface area contributed by atoms with Gasteiger partial charge in [-0.3, -0.25) is 4.98 Å². The van der Waals surface area contributed by atoms with Crippen LogP contribution in [0.4, 0.5) is 0 Å². The van der Waals surface area contributed by atoms with E-state index in [1.165, 1.54) is 18.4 Å². The minimum absolute atomic E-state index is 1.17. The number of aromatic nitrogens is 1. The molecule has 1 heterocycles. The van der Waals surface area contributed by atoms with E-state index in [2.05, 4.69) is 24.0 Å². The molecule has 0 N–H and O–H groups in total. The molecule has 0 unspecified atom stereocenters. The van der Waals surface area contributed by atoms with Gasteiger partial charge in [0, 0.05) is 33.7 Å². The molecule has 1 aromatic heterocycles. The Labute approximate surface area is 99.5 Å². The molecule has 0 bridgehead atoms. The number of pyridine rings is 1. The molecule has 1 rings (SSSR count). The first-order chi connectivity index (χ1) is 7.78. The fourth-order valence-electron chi connectivity index (χ4n) is 1.13. The first-order valence-corrected chi connectivity index (χ1v) is 6.67. The van der Waals surface area contributed by atoms with Crippen molar-refractivity contribution in [1.29, 1.82) is 0 Å². The lowest BCUT2D eigenvalue weighted by Crippen LogP contribution is -2.21. The van der Waals surface area contributed by atoms with Gasteiger partial charge in [0.25, 0.3) is 0 Å². The van der Waals surface area contributed by atoms with Crippen molar-refractivity contribution in [1.82, 2.24) is 4.98 Å². The Morgan fingerprint density at radius 1 is 1.06 bits per heavy atom. The first-order valence-electron chi connectivity index (χ1n) is 5.25. The van der Waals surface area contributed by atoms with E-state index in [0.29, 0.717) is 0 Å². The van der Waals surface area contributed by atoms with Crippen molar-refractivity contribution in [2.75, 3.05) is 21.3 Å². The molecule has 0 radical (unpaired) electrons. The van der Waals surface area contributed by atoms with E-state index in [0.717, 1.165) is 0 Å². The SMILES string of the molecule is CCCc1ccncc1.CO[SiH](OC)OC. The van der Waals surface area contributed by atoms with Gasteiger partial charge < -0.3 is 13.3 Å². The lowest BCUT2D eigenvalue weighted by molar-refractivity contribution is 0.163. The van der Waals surface area contributed by atoms with Crippen molar-refractivity contribution >= 4 is 9.53 Å². The Morgan fingerprint density at radius 2 is 1.56 bits per heavy atom. The predicted octanol–water partition coefficient (Wildman–Crippen LogP) is 1.68. The van der Waals surface area contributed by atoms with Gasteiger partial charge in [0.2, 0.25) is 0 Å². The molecule has 0 fully saturated rings. The summed E-state index contributed by atoms with van der Waals surface area (Å²) in [7, 11) is 3.05. The van der Waals surface area contributed by atoms with Gasteiger partial charge >= 0.3 is 9.53 Å². The Hall–Kier alpha value is -0.753. The normalized spacial score (nSPS) is 9.81. The maximum Gasteiger partial charge on any atom is 0.483 e. The summed E-state index contributed by atoms with van der Waals surface area (Å²) in [6.07, 6.45) is 6.06. The van der Waals surface area contributed by atoms with Gasteiger partial charge in [-0.15, -0.1) is 0 Å². The van der Waals surface area contributed by atoms with Crippen LogP contribution in [0.25, 0.3) is 0 Å². The fourth-order valence-corrected chi connectivity index (χ4v) is 1.70. The largest absolute Gasteiger partial charge is 0.483 e. The van der Waals surface area contributed by atoms with E-state index in [9.17, 15) is 0 Å². The Bertz CT molecular complexity index is 237. The highest BCUT2D eigenvalue weighted by atomic mass is 28.3. The molecule has 0 spiro atoms. The lowest BCUT2D eigenvalue weighted by Gasteiger charge is -2.05. The number of hydrogen-bond donors (Lipinski definition) is 0. The summed E-state index contributed by atoms with van der Waals surface area (Å²) in [4.78, 5) is 3.93. The van der Waals surface area contributed by atoms with Crippen LogP contribution in [0, 0.1) is 0 Å². The van der Waals surface area contributed by atoms with Crippen molar-refractivity contribution in [2.45, 2.75) is 19.8 Å². The van der Waals surface area contributed by atoms with E-state index in [1.54, 1.807) is 21.3 Å². The van der Waals surface area contributed by atoms with Crippen molar-refractivity contribution in [3.05, 3.63) is 30.1 Å². The molecule has 4 nitrogen and oxygen atoms in total. The molecule has 0 aliphatic heterocycles. The van der Waals surface area contributed by atoms with Crippen molar-refractivity contribution < 1.29 is 13.3 Å². The summed E-state index contributed by atoms with van der Waals surface area (Å²) in [5.74, 6) is 0. The molecule has 0 saturated heterocycles. The molecule has 0 aliphatic carbocycles. The predicted molar refractivity (Wildman–Crippen MR) is 66.4 cm³/mol. The van der Waals surface area contributed by atoms with Crippen molar-refractivity contribution in [3.8, 4) is 0 Å². The highest BCUT2D eigenvalue weighted by molar-refractivity contribution is 6.36. The third-order valence-corrected chi connectivity index (χ3v) is 3.02. The Kier molecular flexibility index (Phi) is 10.2. The molecule has 5 heteroatoms. The van der Waals surface area contributed by atoms with Crippen LogP contribution in [0.3, 0.4) is 0 Å². The number of hydrogen-bond acceptors (Lipinski definition) is 4. The molecule has 1 aromatic rings. The Morgan fingerprint density at radius 3 is 1.88 bits per heavy atom. The molecule has 92 valence electrons. The van der Waals surface area contributed by atoms with Crippen LogP contribution >= 0.6 is 0 Å². The first kappa shape index (κ1) is 15.2. The zero-order valence-electron chi connectivity index (χ0n) is 10.5. The summed E-state index contributed by atoms with van der Waals surface area (Å²) in [6, 6.07) is 4.12. The van der Waals surface area contributed by atoms with Crippen LogP contribution < -0.4 is 0 Å². The van der Waals surface area contributed by atoms with Gasteiger partial charge in [0.1, 0.15) is 0 Å². The average molecular weight is 243 g/mol. The van der Waals surface area contributed by atoms with Gasteiger partial charge in [-0.2, -0.15) is 0 Å². The fraction of sp³-hybridized carbons (Fsp3) is 0.545. The second-order valence-corrected chi connectivity index (χ2v) is 5.09. The highest BCUT2D eigenvalue weighted by Crippen LogP contribution is 1.98. The standard InChI is InChI=1S/C8H11N.C3H10O3Si/c1-2-3-8-4-6-9-7-5-8;1-4-7(5-2)6-3/h4-7H,2-3H2,1H3;7H,1-3H3. The number of rotatable bonds is 5. The smallest absolute Gasteiger partial charge is 0.379 e. The monoisotopic (exact) mass is 243 g/mol. The summed E-state index contributed by atoms with van der Waals surface area (Å²) in [5, 5.41) is 0. The van der Waals surface area contributed by atoms with Crippen LogP contribution in [-0.2, 0) is 19.7 Å². The zero-order chi connectivity index (χ0) is 12.2. The van der Waals surface area contributed by atoms with Gasteiger partial charge in [-0.05, 0) is 24.1 Å². The highest BCUT2D eigenvalue weighted by Gasteiger charge is 2.04. The van der Waals surface area contributed by atoms with E-state index in [-0.39, 0.29) is 0 Å². The van der Waals surface area contributed by atoms with Crippen LogP contribution in [0.15, 0.2) is 24.5 Å². The molecule has 0 amide bonds. The number of aryl methyl sites for hydroxylation is 1. The van der Waals surface area contributed by atoms with Crippen molar-refractivity contribution in [2.24, 2.45) is 0 Å². The maximum atomic E-state index is 4.74. The molecular formula is C11H21NO3Si. The van der Waals surface area contributed by atoms with Gasteiger partial charge in [0.15, 0.2) is 0 Å². The summed E-state index contributed by atoms with van der Waals surface area (Å²) < 4.78 is 14.2. The topological polar surface area (TPSA) is 40.6 Å². The average Bonchev–Trinajstić information content (AvgIpc) is 2.34. The minimum atomic E-state index is -1.67. The molecule has 0 aliphatic rings. The summed E-state index contributed by atoms with van der Waals surface area (Å²) in [6.45, 7) is 2.18. The molecule has 0 aromatic carbocycles. The summed E-state index contributed by atoms with van der Waals surface area (Å²) >= 11 is 0. The third-order valence-electron chi connectivity index (χ3n) is 1.87. The van der Waals surface area contributed by atoms with E-state index < -0.39 is 9.53 Å². The van der Waals surface area contributed by atoms with Crippen LogP contribution in [0.2, 0.25) is 0 Å². The van der Waals surface area contributed by atoms with E-state index >= 15 is 0 Å². The quantitative estimate of drug-likeness (QED) is 0.738. The van der Waals surface area contributed by atoms with Gasteiger partial charge in [-0.1, -0.05) is 13.3 Å². The summed E-state index contributed by atoms with van der Waals surface area (Å²) in [5.41, 5.74) is 1.38. The second kappa shape index (κ2) is 10.8. The van der Waals surface area contributed by atoms with Gasteiger partial charge in [0.05, 0.1) is 0 Å². The molecular weight excluding hydrogens is 222 g/mol. The van der Waals surface area contributed by atoms with Crippen molar-refractivity contribution in [3.63, 3.8) is 0 Å². The van der Waals surface area contributed by atoms with Crippen LogP contribution in [-0.4, -0.2) is 35.8 Å². The minimum Gasteiger partial charge on any atom is -0.379 e. The van der Waals surface area contributed by atoms with E-state index in [1.807, 2.05) is 12.4 Å².